The van der Waals surface area contributed by atoms with Crippen LogP contribution in [0, 0.1) is 11.3 Å². The molecule has 3 nitrogen and oxygen atoms in total. The second kappa shape index (κ2) is 5.16. The molecule has 0 aromatic heterocycles. The van der Waals surface area contributed by atoms with Crippen molar-refractivity contribution in [2.75, 3.05) is 7.11 Å². The van der Waals surface area contributed by atoms with Crippen LogP contribution in [0.3, 0.4) is 0 Å². The molecular formula is C12H13NO2. The van der Waals surface area contributed by atoms with Crippen LogP contribution >= 0.6 is 0 Å². The molecule has 0 saturated carbocycles. The van der Waals surface area contributed by atoms with E-state index < -0.39 is 5.92 Å². The van der Waals surface area contributed by atoms with Crippen molar-refractivity contribution in [3.63, 3.8) is 0 Å². The van der Waals surface area contributed by atoms with Crippen LogP contribution in [0.5, 0.6) is 5.75 Å². The highest BCUT2D eigenvalue weighted by atomic mass is 16.5. The van der Waals surface area contributed by atoms with E-state index >= 15 is 0 Å². The Kier molecular flexibility index (Phi) is 3.87. The summed E-state index contributed by atoms with van der Waals surface area (Å²) in [5.74, 6) is 0.0166. The van der Waals surface area contributed by atoms with Crippen LogP contribution in [0.25, 0.3) is 0 Å². The molecule has 0 radical (unpaired) electrons. The van der Waals surface area contributed by atoms with Gasteiger partial charge in [0, 0.05) is 6.42 Å². The normalized spacial score (nSPS) is 11.5. The van der Waals surface area contributed by atoms with E-state index in [9.17, 15) is 4.79 Å². The Morgan fingerprint density at radius 3 is 2.47 bits per heavy atom. The molecule has 1 aromatic carbocycles. The number of rotatable bonds is 4. The van der Waals surface area contributed by atoms with Crippen LogP contribution in [0.1, 0.15) is 24.8 Å². The number of carbonyl (C=O) groups is 1. The van der Waals surface area contributed by atoms with Crippen molar-refractivity contribution in [2.24, 2.45) is 0 Å². The monoisotopic (exact) mass is 203 g/mol. The van der Waals surface area contributed by atoms with E-state index in [2.05, 4.69) is 0 Å². The standard InChI is InChI=1S/C12H13NO2/c1-3-12(14)11(8-13)9-4-6-10(15-2)7-5-9/h4-7,11H,3H2,1-2H3. The maximum atomic E-state index is 11.4. The molecule has 1 atom stereocenters. The van der Waals surface area contributed by atoms with Crippen molar-refractivity contribution in [3.8, 4) is 11.8 Å². The Hall–Kier alpha value is -1.82. The van der Waals surface area contributed by atoms with Crippen LogP contribution in [-0.2, 0) is 4.79 Å². The van der Waals surface area contributed by atoms with Gasteiger partial charge in [0.15, 0.2) is 5.78 Å². The lowest BCUT2D eigenvalue weighted by Gasteiger charge is -2.07. The molecule has 78 valence electrons. The molecule has 1 rings (SSSR count). The molecule has 0 spiro atoms. The number of carbonyl (C=O) groups excluding carboxylic acids is 1. The van der Waals surface area contributed by atoms with Crippen molar-refractivity contribution < 1.29 is 9.53 Å². The summed E-state index contributed by atoms with van der Waals surface area (Å²) in [6.45, 7) is 1.76. The van der Waals surface area contributed by atoms with Gasteiger partial charge in [0.05, 0.1) is 13.2 Å². The Bertz CT molecular complexity index is 376. The molecule has 0 heterocycles. The van der Waals surface area contributed by atoms with Crippen molar-refractivity contribution in [1.29, 1.82) is 5.26 Å². The summed E-state index contributed by atoms with van der Waals surface area (Å²) in [5.41, 5.74) is 0.727. The third-order valence-electron chi connectivity index (χ3n) is 2.25. The summed E-state index contributed by atoms with van der Waals surface area (Å²) in [5, 5.41) is 8.91. The minimum absolute atomic E-state index is 0.0531. The Morgan fingerprint density at radius 2 is 2.07 bits per heavy atom. The van der Waals surface area contributed by atoms with Crippen molar-refractivity contribution >= 4 is 5.78 Å². The van der Waals surface area contributed by atoms with Crippen molar-refractivity contribution in [1.82, 2.24) is 0 Å². The molecule has 3 heteroatoms. The number of nitriles is 1. The Balaban J connectivity index is 2.94. The number of hydrogen-bond acceptors (Lipinski definition) is 3. The first-order chi connectivity index (χ1) is 7.22. The number of hydrogen-bond donors (Lipinski definition) is 0. The highest BCUT2D eigenvalue weighted by Crippen LogP contribution is 2.20. The number of Topliss-reactive ketones (excluding diaryl/α,β-unsaturated/α-hetero) is 1. The third kappa shape index (κ3) is 2.57. The molecule has 0 aliphatic heterocycles. The first-order valence-electron chi connectivity index (χ1n) is 4.79. The van der Waals surface area contributed by atoms with Gasteiger partial charge in [-0.25, -0.2) is 0 Å². The molecule has 0 amide bonds. The van der Waals surface area contributed by atoms with E-state index in [1.807, 2.05) is 6.07 Å². The fourth-order valence-corrected chi connectivity index (χ4v) is 1.33. The highest BCUT2D eigenvalue weighted by Gasteiger charge is 2.17. The van der Waals surface area contributed by atoms with Gasteiger partial charge < -0.3 is 4.74 Å². The lowest BCUT2D eigenvalue weighted by atomic mass is 9.95. The second-order valence-corrected chi connectivity index (χ2v) is 3.16. The quantitative estimate of drug-likeness (QED) is 0.754. The maximum absolute atomic E-state index is 11.4. The summed E-state index contributed by atoms with van der Waals surface area (Å²) >= 11 is 0. The number of nitrogens with zero attached hydrogens (tertiary/aromatic N) is 1. The maximum Gasteiger partial charge on any atom is 0.154 e. The molecule has 1 aromatic rings. The molecule has 0 N–H and O–H groups in total. The van der Waals surface area contributed by atoms with Gasteiger partial charge in [0.2, 0.25) is 0 Å². The van der Waals surface area contributed by atoms with Crippen LogP contribution in [0.15, 0.2) is 24.3 Å². The predicted octanol–water partition coefficient (Wildman–Crippen LogP) is 2.28. The molecule has 0 saturated heterocycles. The first-order valence-corrected chi connectivity index (χ1v) is 4.79. The lowest BCUT2D eigenvalue weighted by Crippen LogP contribution is -2.09. The van der Waals surface area contributed by atoms with E-state index in [0.29, 0.717) is 6.42 Å². The van der Waals surface area contributed by atoms with Gasteiger partial charge in [-0.2, -0.15) is 5.26 Å². The SMILES string of the molecule is CCC(=O)C(C#N)c1ccc(OC)cc1. The fourth-order valence-electron chi connectivity index (χ4n) is 1.33. The summed E-state index contributed by atoms with van der Waals surface area (Å²) in [6.07, 6.45) is 0.379. The van der Waals surface area contributed by atoms with Crippen LogP contribution in [-0.4, -0.2) is 12.9 Å². The molecule has 0 fully saturated rings. The average Bonchev–Trinajstić information content (AvgIpc) is 2.30. The smallest absolute Gasteiger partial charge is 0.154 e. The number of ketones is 1. The van der Waals surface area contributed by atoms with E-state index in [-0.39, 0.29) is 5.78 Å². The van der Waals surface area contributed by atoms with E-state index in [1.165, 1.54) is 0 Å². The fraction of sp³-hybridized carbons (Fsp3) is 0.333. The van der Waals surface area contributed by atoms with Gasteiger partial charge in [-0.1, -0.05) is 19.1 Å². The minimum Gasteiger partial charge on any atom is -0.497 e. The second-order valence-electron chi connectivity index (χ2n) is 3.16. The largest absolute Gasteiger partial charge is 0.497 e. The summed E-state index contributed by atoms with van der Waals surface area (Å²) in [7, 11) is 1.58. The summed E-state index contributed by atoms with van der Waals surface area (Å²) in [4.78, 5) is 11.4. The van der Waals surface area contributed by atoms with Gasteiger partial charge >= 0.3 is 0 Å². The van der Waals surface area contributed by atoms with Gasteiger partial charge in [0.25, 0.3) is 0 Å². The molecule has 0 aliphatic rings. The summed E-state index contributed by atoms with van der Waals surface area (Å²) in [6, 6.07) is 9.02. The molecule has 0 aliphatic carbocycles. The number of ether oxygens (including phenoxy) is 1. The van der Waals surface area contributed by atoms with E-state index in [1.54, 1.807) is 38.3 Å². The Morgan fingerprint density at radius 1 is 1.47 bits per heavy atom. The summed E-state index contributed by atoms with van der Waals surface area (Å²) < 4.78 is 5.00. The zero-order chi connectivity index (χ0) is 11.3. The van der Waals surface area contributed by atoms with Gasteiger partial charge in [-0.3, -0.25) is 4.79 Å². The topological polar surface area (TPSA) is 50.1 Å². The van der Waals surface area contributed by atoms with Crippen molar-refractivity contribution in [2.45, 2.75) is 19.3 Å². The number of benzene rings is 1. The van der Waals surface area contributed by atoms with Crippen LogP contribution in [0.2, 0.25) is 0 Å². The molecular weight excluding hydrogens is 190 g/mol. The third-order valence-corrected chi connectivity index (χ3v) is 2.25. The minimum atomic E-state index is -0.652. The van der Waals surface area contributed by atoms with Gasteiger partial charge in [-0.15, -0.1) is 0 Å². The average molecular weight is 203 g/mol. The molecule has 15 heavy (non-hydrogen) atoms. The first kappa shape index (κ1) is 11.3. The van der Waals surface area contributed by atoms with Crippen LogP contribution in [0.4, 0.5) is 0 Å². The van der Waals surface area contributed by atoms with E-state index in [0.717, 1.165) is 11.3 Å². The zero-order valence-corrected chi connectivity index (χ0v) is 8.86. The van der Waals surface area contributed by atoms with Gasteiger partial charge in [-0.05, 0) is 17.7 Å². The predicted molar refractivity (Wildman–Crippen MR) is 56.6 cm³/mol. The van der Waals surface area contributed by atoms with Crippen LogP contribution < -0.4 is 4.74 Å². The van der Waals surface area contributed by atoms with E-state index in [4.69, 9.17) is 10.00 Å². The molecule has 0 bridgehead atoms. The highest BCUT2D eigenvalue weighted by molar-refractivity contribution is 5.88. The number of methoxy groups -OCH3 is 1. The Labute approximate surface area is 89.3 Å². The lowest BCUT2D eigenvalue weighted by molar-refractivity contribution is -0.119. The van der Waals surface area contributed by atoms with Crippen molar-refractivity contribution in [3.05, 3.63) is 29.8 Å². The van der Waals surface area contributed by atoms with Gasteiger partial charge in [0.1, 0.15) is 11.7 Å². The zero-order valence-electron chi connectivity index (χ0n) is 8.86. The molecule has 1 unspecified atom stereocenters.